The molecule has 0 aromatic heterocycles. The van der Waals surface area contributed by atoms with Gasteiger partial charge >= 0.3 is 12.3 Å². The van der Waals surface area contributed by atoms with E-state index in [2.05, 4.69) is 5.32 Å². The van der Waals surface area contributed by atoms with Crippen molar-refractivity contribution in [3.05, 3.63) is 0 Å². The number of alkyl halides is 4. The molecule has 0 aromatic rings. The summed E-state index contributed by atoms with van der Waals surface area (Å²) >= 11 is 0. The number of fused-ring (bicyclic) bond motifs is 1. The van der Waals surface area contributed by atoms with Crippen LogP contribution in [-0.2, 0) is 4.79 Å². The van der Waals surface area contributed by atoms with Crippen LogP contribution in [0.25, 0.3) is 0 Å². The Morgan fingerprint density at radius 2 is 1.63 bits per heavy atom. The van der Waals surface area contributed by atoms with Crippen molar-refractivity contribution >= 4 is 18.3 Å². The van der Waals surface area contributed by atoms with E-state index in [1.165, 1.54) is 0 Å². The SMILES string of the molecule is Cl.O=C(N1CC[C@@H]2CNC[C@@H]2CC1)C(F)(F)C(F)F. The number of likely N-dealkylation sites (tertiary alicyclic amines) is 1. The zero-order valence-electron chi connectivity index (χ0n) is 10.3. The van der Waals surface area contributed by atoms with Gasteiger partial charge in [0.05, 0.1) is 0 Å². The van der Waals surface area contributed by atoms with Crippen LogP contribution in [0.15, 0.2) is 0 Å². The second-order valence-corrected chi connectivity index (χ2v) is 4.97. The molecule has 0 saturated carbocycles. The van der Waals surface area contributed by atoms with Crippen LogP contribution >= 0.6 is 12.4 Å². The number of carbonyl (C=O) groups is 1. The molecule has 1 N–H and O–H groups in total. The molecular weight excluding hydrogens is 288 g/mol. The summed E-state index contributed by atoms with van der Waals surface area (Å²) in [5.74, 6) is -5.56. The van der Waals surface area contributed by atoms with Gasteiger partial charge in [-0.05, 0) is 37.8 Å². The largest absolute Gasteiger partial charge is 0.383 e. The van der Waals surface area contributed by atoms with Gasteiger partial charge < -0.3 is 10.2 Å². The first-order valence-corrected chi connectivity index (χ1v) is 6.09. The Hall–Kier alpha value is -0.560. The summed E-state index contributed by atoms with van der Waals surface area (Å²) < 4.78 is 50.3. The summed E-state index contributed by atoms with van der Waals surface area (Å²) in [6, 6.07) is 0. The van der Waals surface area contributed by atoms with Gasteiger partial charge in [0.1, 0.15) is 0 Å². The lowest BCUT2D eigenvalue weighted by molar-refractivity contribution is -0.180. The monoisotopic (exact) mass is 304 g/mol. The molecule has 0 aromatic carbocycles. The van der Waals surface area contributed by atoms with Crippen LogP contribution in [0.4, 0.5) is 17.6 Å². The highest BCUT2D eigenvalue weighted by Gasteiger charge is 2.51. The Morgan fingerprint density at radius 1 is 1.16 bits per heavy atom. The van der Waals surface area contributed by atoms with Gasteiger partial charge in [-0.25, -0.2) is 8.78 Å². The highest BCUT2D eigenvalue weighted by molar-refractivity contribution is 5.85. The molecule has 2 fully saturated rings. The number of nitrogens with one attached hydrogen (secondary N) is 1. The topological polar surface area (TPSA) is 32.3 Å². The molecule has 3 nitrogen and oxygen atoms in total. The molecule has 112 valence electrons. The van der Waals surface area contributed by atoms with Gasteiger partial charge in [-0.2, -0.15) is 8.78 Å². The van der Waals surface area contributed by atoms with E-state index in [0.717, 1.165) is 18.0 Å². The highest BCUT2D eigenvalue weighted by atomic mass is 35.5. The second kappa shape index (κ2) is 6.26. The van der Waals surface area contributed by atoms with Crippen molar-refractivity contribution < 1.29 is 22.4 Å². The Kier molecular flexibility index (Phi) is 5.43. The van der Waals surface area contributed by atoms with Crippen LogP contribution in [0.2, 0.25) is 0 Å². The van der Waals surface area contributed by atoms with Crippen molar-refractivity contribution in [2.75, 3.05) is 26.2 Å². The Bertz CT molecular complexity index is 316. The van der Waals surface area contributed by atoms with Crippen LogP contribution in [-0.4, -0.2) is 49.3 Å². The normalized spacial score (nSPS) is 27.7. The minimum atomic E-state index is -4.56. The summed E-state index contributed by atoms with van der Waals surface area (Å²) in [5.41, 5.74) is 0. The molecule has 8 heteroatoms. The van der Waals surface area contributed by atoms with Gasteiger partial charge in [0.2, 0.25) is 0 Å². The van der Waals surface area contributed by atoms with Crippen molar-refractivity contribution in [2.24, 2.45) is 11.8 Å². The number of hydrogen-bond donors (Lipinski definition) is 1. The molecule has 2 heterocycles. The minimum absolute atomic E-state index is 0. The zero-order chi connectivity index (χ0) is 13.3. The number of amides is 1. The maximum Gasteiger partial charge on any atom is 0.383 e. The van der Waals surface area contributed by atoms with E-state index in [1.807, 2.05) is 0 Å². The van der Waals surface area contributed by atoms with E-state index in [4.69, 9.17) is 0 Å². The van der Waals surface area contributed by atoms with E-state index in [0.29, 0.717) is 24.7 Å². The zero-order valence-corrected chi connectivity index (χ0v) is 11.1. The van der Waals surface area contributed by atoms with Gasteiger partial charge in [0.15, 0.2) is 0 Å². The second-order valence-electron chi connectivity index (χ2n) is 4.97. The Labute approximate surface area is 115 Å². The van der Waals surface area contributed by atoms with Crippen molar-refractivity contribution in [1.29, 1.82) is 0 Å². The van der Waals surface area contributed by atoms with Crippen LogP contribution in [0.3, 0.4) is 0 Å². The van der Waals surface area contributed by atoms with Gasteiger partial charge in [-0.15, -0.1) is 12.4 Å². The van der Waals surface area contributed by atoms with Crippen molar-refractivity contribution in [3.63, 3.8) is 0 Å². The predicted octanol–water partition coefficient (Wildman–Crippen LogP) is 1.77. The first-order chi connectivity index (χ1) is 8.43. The smallest absolute Gasteiger partial charge is 0.337 e. The van der Waals surface area contributed by atoms with Crippen LogP contribution in [0.5, 0.6) is 0 Å². The standard InChI is InChI=1S/C11H16F4N2O.ClH/c12-9(13)11(14,15)10(18)17-3-1-7-5-16-6-8(7)2-4-17;/h7-9,16H,1-6H2;1H/t7-,8+;. The van der Waals surface area contributed by atoms with Crippen molar-refractivity contribution in [2.45, 2.75) is 25.2 Å². The van der Waals surface area contributed by atoms with Gasteiger partial charge in [-0.3, -0.25) is 4.79 Å². The molecule has 0 unspecified atom stereocenters. The lowest BCUT2D eigenvalue weighted by atomic mass is 9.92. The fraction of sp³-hybridized carbons (Fsp3) is 0.909. The van der Waals surface area contributed by atoms with Crippen molar-refractivity contribution in [3.8, 4) is 0 Å². The predicted molar refractivity (Wildman–Crippen MR) is 63.9 cm³/mol. The average Bonchev–Trinajstić information content (AvgIpc) is 2.67. The third-order valence-electron chi connectivity index (χ3n) is 3.87. The third kappa shape index (κ3) is 3.31. The molecule has 19 heavy (non-hydrogen) atoms. The molecule has 0 spiro atoms. The Balaban J connectivity index is 0.00000180. The lowest BCUT2D eigenvalue weighted by Crippen LogP contribution is -2.48. The molecule has 2 saturated heterocycles. The molecule has 0 bridgehead atoms. The maximum absolute atomic E-state index is 13.0. The van der Waals surface area contributed by atoms with Crippen LogP contribution < -0.4 is 5.32 Å². The fourth-order valence-corrected chi connectivity index (χ4v) is 2.73. The molecule has 2 rings (SSSR count). The number of rotatable bonds is 2. The first-order valence-electron chi connectivity index (χ1n) is 6.09. The highest BCUT2D eigenvalue weighted by Crippen LogP contribution is 2.30. The third-order valence-corrected chi connectivity index (χ3v) is 3.87. The van der Waals surface area contributed by atoms with Gasteiger partial charge in [0, 0.05) is 13.1 Å². The van der Waals surface area contributed by atoms with E-state index in [-0.39, 0.29) is 25.5 Å². The van der Waals surface area contributed by atoms with E-state index in [9.17, 15) is 22.4 Å². The van der Waals surface area contributed by atoms with E-state index >= 15 is 0 Å². The quantitative estimate of drug-likeness (QED) is 0.789. The van der Waals surface area contributed by atoms with E-state index < -0.39 is 18.3 Å². The lowest BCUT2D eigenvalue weighted by Gasteiger charge is -2.25. The molecule has 1 amide bonds. The number of halogens is 5. The summed E-state index contributed by atoms with van der Waals surface area (Å²) in [7, 11) is 0. The molecule has 2 atom stereocenters. The first kappa shape index (κ1) is 16.5. The summed E-state index contributed by atoms with van der Waals surface area (Å²) in [4.78, 5) is 12.3. The fourth-order valence-electron chi connectivity index (χ4n) is 2.73. The molecule has 2 aliphatic rings. The number of hydrogen-bond acceptors (Lipinski definition) is 2. The summed E-state index contributed by atoms with van der Waals surface area (Å²) in [6.45, 7) is 1.92. The van der Waals surface area contributed by atoms with Crippen LogP contribution in [0, 0.1) is 11.8 Å². The molecular formula is C11H17ClF4N2O. The Morgan fingerprint density at radius 3 is 2.05 bits per heavy atom. The summed E-state index contributed by atoms with van der Waals surface area (Å²) in [5, 5.41) is 3.21. The number of carbonyl (C=O) groups excluding carboxylic acids is 1. The van der Waals surface area contributed by atoms with E-state index in [1.54, 1.807) is 0 Å². The molecule has 2 aliphatic heterocycles. The van der Waals surface area contributed by atoms with Gasteiger partial charge in [0.25, 0.3) is 5.91 Å². The molecule has 0 radical (unpaired) electrons. The average molecular weight is 305 g/mol. The summed E-state index contributed by atoms with van der Waals surface area (Å²) in [6.07, 6.45) is -2.74. The molecule has 0 aliphatic carbocycles. The minimum Gasteiger partial charge on any atom is -0.337 e. The maximum atomic E-state index is 13.0. The van der Waals surface area contributed by atoms with Crippen molar-refractivity contribution in [1.82, 2.24) is 10.2 Å². The van der Waals surface area contributed by atoms with Crippen LogP contribution in [0.1, 0.15) is 12.8 Å². The van der Waals surface area contributed by atoms with Gasteiger partial charge in [-0.1, -0.05) is 0 Å². The number of nitrogens with zero attached hydrogens (tertiary/aromatic N) is 1.